The number of nitriles is 1. The molecule has 0 aliphatic carbocycles. The fourth-order valence-corrected chi connectivity index (χ4v) is 1.12. The quantitative estimate of drug-likeness (QED) is 0.825. The molecule has 80 valence electrons. The molecular weight excluding hydrogens is 206 g/mol. The third kappa shape index (κ3) is 2.19. The zero-order valence-corrected chi connectivity index (χ0v) is 7.87. The van der Waals surface area contributed by atoms with Gasteiger partial charge in [0.2, 0.25) is 5.88 Å². The van der Waals surface area contributed by atoms with Gasteiger partial charge in [0.1, 0.15) is 5.69 Å². The van der Waals surface area contributed by atoms with Crippen LogP contribution in [0.25, 0.3) is 0 Å². The van der Waals surface area contributed by atoms with Crippen LogP contribution in [-0.4, -0.2) is 17.2 Å². The number of rotatable bonds is 3. The lowest BCUT2D eigenvalue weighted by Crippen LogP contribution is -2.04. The van der Waals surface area contributed by atoms with Crippen molar-refractivity contribution in [2.24, 2.45) is 0 Å². The highest BCUT2D eigenvalue weighted by Gasteiger charge is 2.19. The van der Waals surface area contributed by atoms with Crippen LogP contribution in [0.4, 0.5) is 8.78 Å². The molecule has 4 nitrogen and oxygen atoms in total. The highest BCUT2D eigenvalue weighted by molar-refractivity contribution is 5.43. The molecule has 0 amide bonds. The maximum Gasteiger partial charge on any atom is 0.280 e. The highest BCUT2D eigenvalue weighted by Crippen LogP contribution is 2.26. The van der Waals surface area contributed by atoms with Gasteiger partial charge in [0.25, 0.3) is 6.43 Å². The largest absolute Gasteiger partial charge is 0.481 e. The Hall–Kier alpha value is -1.74. The standard InChI is InChI=1S/C9H8F2N2O2/c1-15-7-2-5(3-12)6(4-14)8(13-7)9(10)11/h2,9,14H,4H2,1H3. The summed E-state index contributed by atoms with van der Waals surface area (Å²) < 4.78 is 29.7. The smallest absolute Gasteiger partial charge is 0.280 e. The van der Waals surface area contributed by atoms with Crippen molar-refractivity contribution in [3.8, 4) is 11.9 Å². The van der Waals surface area contributed by atoms with E-state index in [1.807, 2.05) is 0 Å². The molecule has 0 saturated heterocycles. The summed E-state index contributed by atoms with van der Waals surface area (Å²) in [6, 6.07) is 2.91. The van der Waals surface area contributed by atoms with E-state index in [0.717, 1.165) is 0 Å². The van der Waals surface area contributed by atoms with Gasteiger partial charge in [-0.05, 0) is 0 Å². The summed E-state index contributed by atoms with van der Waals surface area (Å²) in [4.78, 5) is 3.49. The molecule has 15 heavy (non-hydrogen) atoms. The van der Waals surface area contributed by atoms with Crippen LogP contribution < -0.4 is 4.74 Å². The molecule has 0 aliphatic heterocycles. The Balaban J connectivity index is 3.41. The molecule has 0 aliphatic rings. The van der Waals surface area contributed by atoms with Crippen LogP contribution in [0.3, 0.4) is 0 Å². The van der Waals surface area contributed by atoms with Crippen LogP contribution in [-0.2, 0) is 6.61 Å². The molecule has 0 spiro atoms. The monoisotopic (exact) mass is 214 g/mol. The number of hydrogen-bond donors (Lipinski definition) is 1. The summed E-state index contributed by atoms with van der Waals surface area (Å²) in [5.41, 5.74) is -0.832. The maximum atomic E-state index is 12.5. The summed E-state index contributed by atoms with van der Waals surface area (Å²) in [5.74, 6) is -0.0703. The lowest BCUT2D eigenvalue weighted by atomic mass is 10.1. The van der Waals surface area contributed by atoms with Crippen molar-refractivity contribution in [2.45, 2.75) is 13.0 Å². The summed E-state index contributed by atoms with van der Waals surface area (Å²) in [5, 5.41) is 17.6. The van der Waals surface area contributed by atoms with E-state index in [9.17, 15) is 8.78 Å². The van der Waals surface area contributed by atoms with Crippen LogP contribution in [0, 0.1) is 11.3 Å². The Morgan fingerprint density at radius 3 is 2.73 bits per heavy atom. The van der Waals surface area contributed by atoms with E-state index in [1.165, 1.54) is 13.2 Å². The Kier molecular flexibility index (Phi) is 3.52. The lowest BCUT2D eigenvalue weighted by Gasteiger charge is -2.09. The number of aromatic nitrogens is 1. The number of halogens is 2. The fraction of sp³-hybridized carbons (Fsp3) is 0.333. The minimum atomic E-state index is -2.85. The van der Waals surface area contributed by atoms with Gasteiger partial charge in [0.05, 0.1) is 25.3 Å². The molecule has 6 heteroatoms. The van der Waals surface area contributed by atoms with Crippen molar-refractivity contribution in [1.82, 2.24) is 4.98 Å². The molecule has 0 saturated carbocycles. The molecular formula is C9H8F2N2O2. The third-order valence-electron chi connectivity index (χ3n) is 1.83. The molecule has 0 atom stereocenters. The predicted octanol–water partition coefficient (Wildman–Crippen LogP) is 1.39. The summed E-state index contributed by atoms with van der Waals surface area (Å²) in [7, 11) is 1.26. The van der Waals surface area contributed by atoms with Gasteiger partial charge in [-0.25, -0.2) is 13.8 Å². The fourth-order valence-electron chi connectivity index (χ4n) is 1.12. The first-order valence-electron chi connectivity index (χ1n) is 4.01. The number of aliphatic hydroxyl groups is 1. The van der Waals surface area contributed by atoms with E-state index in [0.29, 0.717) is 0 Å². The molecule has 1 heterocycles. The number of aliphatic hydroxyl groups excluding tert-OH is 1. The van der Waals surface area contributed by atoms with Crippen LogP contribution in [0.15, 0.2) is 6.07 Å². The lowest BCUT2D eigenvalue weighted by molar-refractivity contribution is 0.140. The summed E-state index contributed by atoms with van der Waals surface area (Å²) in [6.45, 7) is -0.653. The third-order valence-corrected chi connectivity index (χ3v) is 1.83. The molecule has 0 unspecified atom stereocenters. The van der Waals surface area contributed by atoms with E-state index in [-0.39, 0.29) is 17.0 Å². The SMILES string of the molecule is COc1cc(C#N)c(CO)c(C(F)F)n1. The van der Waals surface area contributed by atoms with Gasteiger partial charge in [0, 0.05) is 11.6 Å². The average molecular weight is 214 g/mol. The number of methoxy groups -OCH3 is 1. The first-order valence-corrected chi connectivity index (χ1v) is 4.01. The van der Waals surface area contributed by atoms with Crippen molar-refractivity contribution in [2.75, 3.05) is 7.11 Å². The highest BCUT2D eigenvalue weighted by atomic mass is 19.3. The molecule has 0 aromatic carbocycles. The van der Waals surface area contributed by atoms with Crippen molar-refractivity contribution < 1.29 is 18.6 Å². The number of pyridine rings is 1. The van der Waals surface area contributed by atoms with Gasteiger partial charge in [-0.3, -0.25) is 0 Å². The Bertz CT molecular complexity index is 402. The van der Waals surface area contributed by atoms with Crippen molar-refractivity contribution >= 4 is 0 Å². The van der Waals surface area contributed by atoms with Gasteiger partial charge in [-0.1, -0.05) is 0 Å². The van der Waals surface area contributed by atoms with Gasteiger partial charge in [0.15, 0.2) is 0 Å². The number of ether oxygens (including phenoxy) is 1. The van der Waals surface area contributed by atoms with E-state index in [2.05, 4.69) is 9.72 Å². The first-order chi connectivity index (χ1) is 7.13. The Morgan fingerprint density at radius 1 is 1.67 bits per heavy atom. The summed E-state index contributed by atoms with van der Waals surface area (Å²) in [6.07, 6.45) is -2.85. The second kappa shape index (κ2) is 4.66. The van der Waals surface area contributed by atoms with E-state index < -0.39 is 18.7 Å². The molecule has 1 aromatic heterocycles. The average Bonchev–Trinajstić information content (AvgIpc) is 2.26. The zero-order chi connectivity index (χ0) is 11.4. The predicted molar refractivity (Wildman–Crippen MR) is 46.4 cm³/mol. The van der Waals surface area contributed by atoms with Crippen molar-refractivity contribution in [3.05, 3.63) is 22.9 Å². The van der Waals surface area contributed by atoms with E-state index in [4.69, 9.17) is 10.4 Å². The molecule has 1 rings (SSSR count). The van der Waals surface area contributed by atoms with Crippen LogP contribution in [0.1, 0.15) is 23.2 Å². The van der Waals surface area contributed by atoms with Gasteiger partial charge >= 0.3 is 0 Å². The Morgan fingerprint density at radius 2 is 2.33 bits per heavy atom. The van der Waals surface area contributed by atoms with Gasteiger partial charge in [-0.15, -0.1) is 0 Å². The second-order valence-corrected chi connectivity index (χ2v) is 2.65. The topological polar surface area (TPSA) is 66.1 Å². The Labute approximate surface area is 84.7 Å². The zero-order valence-electron chi connectivity index (χ0n) is 7.87. The van der Waals surface area contributed by atoms with Gasteiger partial charge in [-0.2, -0.15) is 5.26 Å². The van der Waals surface area contributed by atoms with Crippen LogP contribution in [0.5, 0.6) is 5.88 Å². The number of nitrogens with zero attached hydrogens (tertiary/aromatic N) is 2. The number of hydrogen-bond acceptors (Lipinski definition) is 4. The minimum Gasteiger partial charge on any atom is -0.481 e. The van der Waals surface area contributed by atoms with Crippen molar-refractivity contribution in [1.29, 1.82) is 5.26 Å². The van der Waals surface area contributed by atoms with Crippen LogP contribution >= 0.6 is 0 Å². The molecule has 1 N–H and O–H groups in total. The molecule has 0 bridgehead atoms. The molecule has 1 aromatic rings. The molecule has 0 radical (unpaired) electrons. The van der Waals surface area contributed by atoms with E-state index >= 15 is 0 Å². The van der Waals surface area contributed by atoms with Gasteiger partial charge < -0.3 is 9.84 Å². The van der Waals surface area contributed by atoms with E-state index in [1.54, 1.807) is 6.07 Å². The number of alkyl halides is 2. The minimum absolute atomic E-state index is 0.0559. The summed E-state index contributed by atoms with van der Waals surface area (Å²) >= 11 is 0. The second-order valence-electron chi connectivity index (χ2n) is 2.65. The first kappa shape index (κ1) is 11.3. The maximum absolute atomic E-state index is 12.5. The normalized spacial score (nSPS) is 10.1. The molecule has 0 fully saturated rings. The van der Waals surface area contributed by atoms with Crippen LogP contribution in [0.2, 0.25) is 0 Å². The van der Waals surface area contributed by atoms with Crippen molar-refractivity contribution in [3.63, 3.8) is 0 Å².